The maximum atomic E-state index is 3.50. The van der Waals surface area contributed by atoms with E-state index in [-0.39, 0.29) is 0 Å². The summed E-state index contributed by atoms with van der Waals surface area (Å²) in [4.78, 5) is 2.74. The van der Waals surface area contributed by atoms with Gasteiger partial charge < -0.3 is 5.32 Å². The molecule has 1 aliphatic heterocycles. The van der Waals surface area contributed by atoms with E-state index in [2.05, 4.69) is 42.3 Å². The van der Waals surface area contributed by atoms with Crippen LogP contribution in [0.15, 0.2) is 18.2 Å². The fraction of sp³-hybridized carbons (Fsp3) is 0.667. The Morgan fingerprint density at radius 1 is 1.10 bits per heavy atom. The molecule has 3 rings (SSSR count). The highest BCUT2D eigenvalue weighted by Gasteiger charge is 2.32. The van der Waals surface area contributed by atoms with Gasteiger partial charge in [0.2, 0.25) is 0 Å². The molecule has 1 saturated carbocycles. The van der Waals surface area contributed by atoms with Gasteiger partial charge in [-0.1, -0.05) is 36.6 Å². The van der Waals surface area contributed by atoms with Gasteiger partial charge in [0.05, 0.1) is 0 Å². The van der Waals surface area contributed by atoms with Crippen LogP contribution < -0.4 is 5.32 Å². The number of hydrogen-bond acceptors (Lipinski definition) is 2. The van der Waals surface area contributed by atoms with Crippen molar-refractivity contribution in [3.63, 3.8) is 0 Å². The van der Waals surface area contributed by atoms with Crippen LogP contribution in [0.1, 0.15) is 48.4 Å². The van der Waals surface area contributed by atoms with Gasteiger partial charge in [-0.05, 0) is 43.7 Å². The number of nitrogens with zero attached hydrogens (tertiary/aromatic N) is 1. The van der Waals surface area contributed by atoms with Crippen molar-refractivity contribution in [1.29, 1.82) is 0 Å². The molecule has 1 aromatic rings. The normalized spacial score (nSPS) is 23.1. The van der Waals surface area contributed by atoms with Crippen molar-refractivity contribution in [2.75, 3.05) is 26.2 Å². The van der Waals surface area contributed by atoms with E-state index < -0.39 is 0 Å². The Morgan fingerprint density at radius 2 is 1.80 bits per heavy atom. The van der Waals surface area contributed by atoms with Gasteiger partial charge in [0.1, 0.15) is 0 Å². The van der Waals surface area contributed by atoms with Crippen LogP contribution in [0.2, 0.25) is 0 Å². The summed E-state index contributed by atoms with van der Waals surface area (Å²) < 4.78 is 0. The lowest BCUT2D eigenvalue weighted by Crippen LogP contribution is -2.46. The largest absolute Gasteiger partial charge is 0.314 e. The molecule has 0 amide bonds. The lowest BCUT2D eigenvalue weighted by molar-refractivity contribution is 0.125. The van der Waals surface area contributed by atoms with E-state index in [1.807, 2.05) is 0 Å². The molecule has 1 aliphatic carbocycles. The molecule has 2 aliphatic rings. The van der Waals surface area contributed by atoms with E-state index >= 15 is 0 Å². The minimum Gasteiger partial charge on any atom is -0.314 e. The van der Waals surface area contributed by atoms with Crippen LogP contribution in [0.5, 0.6) is 0 Å². The predicted octanol–water partition coefficient (Wildman–Crippen LogP) is 3.44. The summed E-state index contributed by atoms with van der Waals surface area (Å²) in [5.41, 5.74) is 4.48. The summed E-state index contributed by atoms with van der Waals surface area (Å²) in [6, 6.07) is 7.66. The van der Waals surface area contributed by atoms with E-state index in [1.54, 1.807) is 5.56 Å². The number of piperazine rings is 1. The van der Waals surface area contributed by atoms with Gasteiger partial charge in [0, 0.05) is 32.2 Å². The Kier molecular flexibility index (Phi) is 4.42. The number of hydrogen-bond donors (Lipinski definition) is 1. The third-order valence-electron chi connectivity index (χ3n) is 5.14. The highest BCUT2D eigenvalue weighted by molar-refractivity contribution is 5.33. The molecule has 0 unspecified atom stereocenters. The molecular weight excluding hydrogens is 244 g/mol. The molecule has 20 heavy (non-hydrogen) atoms. The lowest BCUT2D eigenvalue weighted by atomic mass is 9.86. The average molecular weight is 272 g/mol. The fourth-order valence-corrected chi connectivity index (χ4v) is 4.06. The van der Waals surface area contributed by atoms with Gasteiger partial charge in [0.25, 0.3) is 0 Å². The van der Waals surface area contributed by atoms with Crippen molar-refractivity contribution in [2.45, 2.75) is 45.6 Å². The number of benzene rings is 1. The molecule has 1 heterocycles. The van der Waals surface area contributed by atoms with E-state index in [4.69, 9.17) is 0 Å². The van der Waals surface area contributed by atoms with Crippen molar-refractivity contribution in [3.8, 4) is 0 Å². The van der Waals surface area contributed by atoms with Crippen LogP contribution in [0.25, 0.3) is 0 Å². The van der Waals surface area contributed by atoms with E-state index in [1.165, 1.54) is 49.9 Å². The SMILES string of the molecule is Cc1ccc(C)c([C@H](C2CCCC2)N2CCNCC2)c1. The van der Waals surface area contributed by atoms with Crippen LogP contribution in [-0.2, 0) is 0 Å². The van der Waals surface area contributed by atoms with Crippen molar-refractivity contribution in [3.05, 3.63) is 34.9 Å². The number of aryl methyl sites for hydroxylation is 2. The van der Waals surface area contributed by atoms with Gasteiger partial charge in [-0.25, -0.2) is 0 Å². The minimum absolute atomic E-state index is 0.652. The van der Waals surface area contributed by atoms with Crippen LogP contribution in [0, 0.1) is 19.8 Å². The van der Waals surface area contributed by atoms with Crippen LogP contribution in [0.4, 0.5) is 0 Å². The molecule has 0 spiro atoms. The first-order valence-electron chi connectivity index (χ1n) is 8.27. The molecule has 1 N–H and O–H groups in total. The highest BCUT2D eigenvalue weighted by Crippen LogP contribution is 2.40. The zero-order valence-corrected chi connectivity index (χ0v) is 13.0. The molecule has 2 nitrogen and oxygen atoms in total. The summed E-state index contributed by atoms with van der Waals surface area (Å²) in [5.74, 6) is 0.869. The molecule has 1 aromatic carbocycles. The maximum Gasteiger partial charge on any atom is 0.0380 e. The quantitative estimate of drug-likeness (QED) is 0.907. The van der Waals surface area contributed by atoms with Gasteiger partial charge in [-0.15, -0.1) is 0 Å². The summed E-state index contributed by atoms with van der Waals surface area (Å²) in [5, 5.41) is 3.50. The van der Waals surface area contributed by atoms with Crippen molar-refractivity contribution in [1.82, 2.24) is 10.2 Å². The monoisotopic (exact) mass is 272 g/mol. The van der Waals surface area contributed by atoms with E-state index in [0.717, 1.165) is 19.0 Å². The molecule has 0 aromatic heterocycles. The zero-order valence-electron chi connectivity index (χ0n) is 13.0. The van der Waals surface area contributed by atoms with Crippen molar-refractivity contribution < 1.29 is 0 Å². The first-order valence-corrected chi connectivity index (χ1v) is 8.27. The lowest BCUT2D eigenvalue weighted by Gasteiger charge is -2.39. The first-order chi connectivity index (χ1) is 9.75. The number of nitrogens with one attached hydrogen (secondary N) is 1. The van der Waals surface area contributed by atoms with E-state index in [9.17, 15) is 0 Å². The molecule has 0 bridgehead atoms. The second kappa shape index (κ2) is 6.28. The Labute approximate surface area is 123 Å². The van der Waals surface area contributed by atoms with Crippen molar-refractivity contribution in [2.24, 2.45) is 5.92 Å². The molecular formula is C18H28N2. The molecule has 0 radical (unpaired) electrons. The highest BCUT2D eigenvalue weighted by atomic mass is 15.2. The van der Waals surface area contributed by atoms with E-state index in [0.29, 0.717) is 6.04 Å². The van der Waals surface area contributed by atoms with Gasteiger partial charge in [0.15, 0.2) is 0 Å². The fourth-order valence-electron chi connectivity index (χ4n) is 4.06. The first kappa shape index (κ1) is 14.1. The smallest absolute Gasteiger partial charge is 0.0380 e. The molecule has 2 fully saturated rings. The standard InChI is InChI=1S/C18H28N2/c1-14-7-8-15(2)17(13-14)18(16-5-3-4-6-16)20-11-9-19-10-12-20/h7-8,13,16,18-19H,3-6,9-12H2,1-2H3/t18-/m0/s1. The predicted molar refractivity (Wildman–Crippen MR) is 85.1 cm³/mol. The molecule has 1 atom stereocenters. The number of rotatable bonds is 3. The van der Waals surface area contributed by atoms with Crippen molar-refractivity contribution >= 4 is 0 Å². The van der Waals surface area contributed by atoms with Crippen LogP contribution in [0.3, 0.4) is 0 Å². The Hall–Kier alpha value is -0.860. The van der Waals surface area contributed by atoms with Crippen LogP contribution in [-0.4, -0.2) is 31.1 Å². The maximum absolute atomic E-state index is 3.50. The summed E-state index contributed by atoms with van der Waals surface area (Å²) in [7, 11) is 0. The third-order valence-corrected chi connectivity index (χ3v) is 5.14. The third kappa shape index (κ3) is 2.91. The molecule has 110 valence electrons. The Balaban J connectivity index is 1.92. The topological polar surface area (TPSA) is 15.3 Å². The Morgan fingerprint density at radius 3 is 2.50 bits per heavy atom. The second-order valence-electron chi connectivity index (χ2n) is 6.64. The van der Waals surface area contributed by atoms with Crippen LogP contribution >= 0.6 is 0 Å². The summed E-state index contributed by atoms with van der Waals surface area (Å²) in [6.45, 7) is 9.22. The zero-order chi connectivity index (χ0) is 13.9. The van der Waals surface area contributed by atoms with Gasteiger partial charge in [-0.2, -0.15) is 0 Å². The summed E-state index contributed by atoms with van der Waals surface area (Å²) in [6.07, 6.45) is 5.69. The second-order valence-corrected chi connectivity index (χ2v) is 6.64. The van der Waals surface area contributed by atoms with Gasteiger partial charge in [-0.3, -0.25) is 4.90 Å². The molecule has 1 saturated heterocycles. The molecule has 2 heteroatoms. The Bertz CT molecular complexity index is 443. The minimum atomic E-state index is 0.652. The summed E-state index contributed by atoms with van der Waals surface area (Å²) >= 11 is 0. The van der Waals surface area contributed by atoms with Gasteiger partial charge >= 0.3 is 0 Å². The average Bonchev–Trinajstić information content (AvgIpc) is 2.98.